The highest BCUT2D eigenvalue weighted by Gasteiger charge is 2.14. The molecule has 1 amide bonds. The first-order valence-electron chi connectivity index (χ1n) is 9.20. The van der Waals surface area contributed by atoms with Crippen LogP contribution in [0.4, 0.5) is 0 Å². The van der Waals surface area contributed by atoms with Crippen molar-refractivity contribution in [2.45, 2.75) is 33.2 Å². The normalized spacial score (nSPS) is 11.1. The van der Waals surface area contributed by atoms with Gasteiger partial charge < -0.3 is 5.32 Å². The summed E-state index contributed by atoms with van der Waals surface area (Å²) in [5.74, 6) is 0.176. The van der Waals surface area contributed by atoms with Crippen molar-refractivity contribution >= 4 is 16.7 Å². The van der Waals surface area contributed by atoms with E-state index in [9.17, 15) is 9.59 Å². The molecular formula is C21H24N4O2. The highest BCUT2D eigenvalue weighted by Crippen LogP contribution is 2.14. The van der Waals surface area contributed by atoms with E-state index in [1.807, 2.05) is 50.2 Å². The van der Waals surface area contributed by atoms with Gasteiger partial charge in [0.1, 0.15) is 0 Å². The van der Waals surface area contributed by atoms with Crippen molar-refractivity contribution < 1.29 is 4.79 Å². The van der Waals surface area contributed by atoms with E-state index in [1.54, 1.807) is 12.3 Å². The van der Waals surface area contributed by atoms with Crippen LogP contribution in [0.15, 0.2) is 53.5 Å². The van der Waals surface area contributed by atoms with Crippen LogP contribution in [0.5, 0.6) is 0 Å². The average Bonchev–Trinajstić information content (AvgIpc) is 2.66. The van der Waals surface area contributed by atoms with Crippen molar-refractivity contribution in [3.05, 3.63) is 70.4 Å². The first-order chi connectivity index (χ1) is 13.0. The molecule has 3 aromatic rings. The number of benzene rings is 1. The van der Waals surface area contributed by atoms with Gasteiger partial charge in [0.2, 0.25) is 5.91 Å². The van der Waals surface area contributed by atoms with Crippen molar-refractivity contribution in [2.24, 2.45) is 5.92 Å². The fourth-order valence-corrected chi connectivity index (χ4v) is 3.00. The average molecular weight is 364 g/mol. The van der Waals surface area contributed by atoms with E-state index in [4.69, 9.17) is 0 Å². The van der Waals surface area contributed by atoms with Gasteiger partial charge in [-0.2, -0.15) is 5.10 Å². The Bertz CT molecular complexity index is 980. The monoisotopic (exact) mass is 364 g/mol. The number of fused-ring (bicyclic) bond motifs is 1. The molecule has 0 saturated heterocycles. The van der Waals surface area contributed by atoms with Crippen LogP contribution in [0.25, 0.3) is 10.8 Å². The molecular weight excluding hydrogens is 340 g/mol. The number of pyridine rings is 1. The Balaban J connectivity index is 1.76. The second-order valence-corrected chi connectivity index (χ2v) is 6.97. The third-order valence-electron chi connectivity index (χ3n) is 4.24. The number of nitrogens with zero attached hydrogens (tertiary/aromatic N) is 3. The molecule has 140 valence electrons. The summed E-state index contributed by atoms with van der Waals surface area (Å²) in [5.41, 5.74) is 1.45. The summed E-state index contributed by atoms with van der Waals surface area (Å²) < 4.78 is 1.48. The van der Waals surface area contributed by atoms with Gasteiger partial charge in [-0.3, -0.25) is 14.6 Å². The maximum absolute atomic E-state index is 12.6. The van der Waals surface area contributed by atoms with Crippen LogP contribution >= 0.6 is 0 Å². The van der Waals surface area contributed by atoms with Crippen molar-refractivity contribution in [2.75, 3.05) is 6.54 Å². The molecule has 0 fully saturated rings. The summed E-state index contributed by atoms with van der Waals surface area (Å²) in [6.07, 6.45) is 2.56. The molecule has 0 bridgehead atoms. The quantitative estimate of drug-likeness (QED) is 0.698. The molecule has 2 heterocycles. The number of nitrogens with one attached hydrogen (secondary N) is 1. The Labute approximate surface area is 158 Å². The molecule has 0 unspecified atom stereocenters. The standard InChI is InChI=1S/C21H24N4O2/c1-15(2)14-25-21(27)18-9-4-3-8-17(18)19(24-25)13-20(26)23-12-10-16-7-5-6-11-22-16/h3-9,11,15H,10,12-14H2,1-2H3,(H,23,26). The fraction of sp³-hybridized carbons (Fsp3) is 0.333. The highest BCUT2D eigenvalue weighted by molar-refractivity contribution is 5.88. The van der Waals surface area contributed by atoms with E-state index >= 15 is 0 Å². The Morgan fingerprint density at radius 1 is 1.11 bits per heavy atom. The maximum atomic E-state index is 12.6. The number of hydrogen-bond donors (Lipinski definition) is 1. The number of rotatable bonds is 7. The Morgan fingerprint density at radius 2 is 1.85 bits per heavy atom. The summed E-state index contributed by atoms with van der Waals surface area (Å²) in [4.78, 5) is 29.3. The van der Waals surface area contributed by atoms with Crippen molar-refractivity contribution in [1.29, 1.82) is 0 Å². The summed E-state index contributed by atoms with van der Waals surface area (Å²) in [6.45, 7) is 5.11. The predicted molar refractivity (Wildman–Crippen MR) is 105 cm³/mol. The summed E-state index contributed by atoms with van der Waals surface area (Å²) in [5, 5.41) is 8.73. The van der Waals surface area contributed by atoms with Gasteiger partial charge in [-0.1, -0.05) is 38.1 Å². The van der Waals surface area contributed by atoms with Crippen LogP contribution in [-0.2, 0) is 24.2 Å². The Hall–Kier alpha value is -3.02. The molecule has 0 aliphatic heterocycles. The van der Waals surface area contributed by atoms with Gasteiger partial charge in [0.15, 0.2) is 0 Å². The molecule has 1 N–H and O–H groups in total. The minimum absolute atomic E-state index is 0.112. The second-order valence-electron chi connectivity index (χ2n) is 6.97. The minimum atomic E-state index is -0.113. The van der Waals surface area contributed by atoms with Crippen LogP contribution < -0.4 is 10.9 Å². The van der Waals surface area contributed by atoms with Crippen LogP contribution in [0.2, 0.25) is 0 Å². The van der Waals surface area contributed by atoms with Gasteiger partial charge in [0.05, 0.1) is 17.5 Å². The van der Waals surface area contributed by atoms with E-state index in [0.29, 0.717) is 30.6 Å². The zero-order valence-corrected chi connectivity index (χ0v) is 15.7. The first-order valence-corrected chi connectivity index (χ1v) is 9.20. The van der Waals surface area contributed by atoms with Crippen molar-refractivity contribution in [1.82, 2.24) is 20.1 Å². The topological polar surface area (TPSA) is 76.9 Å². The molecule has 0 atom stereocenters. The smallest absolute Gasteiger partial charge is 0.274 e. The molecule has 0 radical (unpaired) electrons. The molecule has 0 aliphatic carbocycles. The third kappa shape index (κ3) is 4.78. The van der Waals surface area contributed by atoms with Crippen molar-refractivity contribution in [3.63, 3.8) is 0 Å². The Kier molecular flexibility index (Phi) is 5.96. The number of aromatic nitrogens is 3. The molecule has 27 heavy (non-hydrogen) atoms. The van der Waals surface area contributed by atoms with Gasteiger partial charge in [-0.15, -0.1) is 0 Å². The molecule has 0 saturated carbocycles. The van der Waals surface area contributed by atoms with E-state index < -0.39 is 0 Å². The zero-order chi connectivity index (χ0) is 19.2. The molecule has 1 aromatic carbocycles. The molecule has 2 aromatic heterocycles. The fourth-order valence-electron chi connectivity index (χ4n) is 3.00. The molecule has 3 rings (SSSR count). The van der Waals surface area contributed by atoms with E-state index in [2.05, 4.69) is 15.4 Å². The van der Waals surface area contributed by atoms with Gasteiger partial charge in [-0.05, 0) is 24.1 Å². The molecule has 0 aliphatic rings. The molecule has 6 nitrogen and oxygen atoms in total. The SMILES string of the molecule is CC(C)Cn1nc(CC(=O)NCCc2ccccn2)c2ccccc2c1=O. The third-order valence-corrected chi connectivity index (χ3v) is 4.24. The summed E-state index contributed by atoms with van der Waals surface area (Å²) in [7, 11) is 0. The van der Waals surface area contributed by atoms with Crippen LogP contribution in [-0.4, -0.2) is 27.2 Å². The minimum Gasteiger partial charge on any atom is -0.355 e. The van der Waals surface area contributed by atoms with E-state index in [0.717, 1.165) is 11.1 Å². The van der Waals surface area contributed by atoms with Crippen LogP contribution in [0.1, 0.15) is 25.2 Å². The van der Waals surface area contributed by atoms with Gasteiger partial charge in [0.25, 0.3) is 5.56 Å². The molecule has 0 spiro atoms. The number of amides is 1. The maximum Gasteiger partial charge on any atom is 0.274 e. The lowest BCUT2D eigenvalue weighted by Gasteiger charge is -2.12. The highest BCUT2D eigenvalue weighted by atomic mass is 16.1. The second kappa shape index (κ2) is 8.58. The summed E-state index contributed by atoms with van der Waals surface area (Å²) in [6, 6.07) is 13.1. The predicted octanol–water partition coefficient (Wildman–Crippen LogP) is 2.35. The van der Waals surface area contributed by atoms with Crippen molar-refractivity contribution in [3.8, 4) is 0 Å². The van der Waals surface area contributed by atoms with Gasteiger partial charge in [-0.25, -0.2) is 4.68 Å². The van der Waals surface area contributed by atoms with E-state index in [1.165, 1.54) is 4.68 Å². The van der Waals surface area contributed by atoms with Crippen LogP contribution in [0, 0.1) is 5.92 Å². The lowest BCUT2D eigenvalue weighted by molar-refractivity contribution is -0.120. The van der Waals surface area contributed by atoms with Gasteiger partial charge in [0, 0.05) is 36.8 Å². The lowest BCUT2D eigenvalue weighted by Crippen LogP contribution is -2.31. The number of carbonyl (C=O) groups is 1. The number of hydrogen-bond acceptors (Lipinski definition) is 4. The zero-order valence-electron chi connectivity index (χ0n) is 15.7. The Morgan fingerprint density at radius 3 is 2.56 bits per heavy atom. The van der Waals surface area contributed by atoms with E-state index in [-0.39, 0.29) is 23.8 Å². The van der Waals surface area contributed by atoms with Crippen LogP contribution in [0.3, 0.4) is 0 Å². The first kappa shape index (κ1) is 18.8. The lowest BCUT2D eigenvalue weighted by atomic mass is 10.1. The summed E-state index contributed by atoms with van der Waals surface area (Å²) >= 11 is 0. The largest absolute Gasteiger partial charge is 0.355 e. The molecule has 6 heteroatoms. The number of carbonyl (C=O) groups excluding carboxylic acids is 1. The van der Waals surface area contributed by atoms with Gasteiger partial charge >= 0.3 is 0 Å².